The number of nitrogens with zero attached hydrogens (tertiary/aromatic N) is 2. The first-order chi connectivity index (χ1) is 16.4. The number of hydrogen-bond acceptors (Lipinski definition) is 4. The van der Waals surface area contributed by atoms with Gasteiger partial charge < -0.3 is 14.7 Å². The number of aliphatic hydroxyl groups is 1. The smallest absolute Gasteiger partial charge is 0.271 e. The van der Waals surface area contributed by atoms with Crippen LogP contribution in [-0.2, 0) is 18.8 Å². The van der Waals surface area contributed by atoms with Crippen molar-refractivity contribution in [2.24, 2.45) is 5.92 Å². The number of rotatable bonds is 8. The largest absolute Gasteiger partial charge is 0.494 e. The third-order valence-electron chi connectivity index (χ3n) is 6.91. The van der Waals surface area contributed by atoms with Gasteiger partial charge in [0.15, 0.2) is 0 Å². The summed E-state index contributed by atoms with van der Waals surface area (Å²) in [4.78, 5) is 2.78. The molecule has 0 saturated carbocycles. The number of piperidine rings is 1. The van der Waals surface area contributed by atoms with Crippen LogP contribution in [0, 0.1) is 17.2 Å². The van der Waals surface area contributed by atoms with E-state index in [0.29, 0.717) is 25.9 Å². The Morgan fingerprint density at radius 2 is 1.94 bits per heavy atom. The van der Waals surface area contributed by atoms with Gasteiger partial charge in [-0.05, 0) is 87.9 Å². The molecule has 0 spiro atoms. The zero-order chi connectivity index (χ0) is 26.0. The van der Waals surface area contributed by atoms with Crippen molar-refractivity contribution >= 4 is 22.9 Å². The Labute approximate surface area is 212 Å². The van der Waals surface area contributed by atoms with E-state index in [0.717, 1.165) is 40.9 Å². The molecule has 2 aromatic carbocycles. The average Bonchev–Trinajstić information content (AvgIpc) is 2.80. The van der Waals surface area contributed by atoms with Gasteiger partial charge in [0.1, 0.15) is 5.75 Å². The van der Waals surface area contributed by atoms with Gasteiger partial charge >= 0.3 is 0 Å². The fourth-order valence-electron chi connectivity index (χ4n) is 4.80. The molecule has 0 amide bonds. The molecule has 2 aromatic rings. The van der Waals surface area contributed by atoms with E-state index in [1.807, 2.05) is 43.9 Å². The first kappa shape index (κ1) is 27.0. The standard InChI is InChI=1S/C28H34F2N2O2S/c1-6-19-15-22(12-13-24(19)34-7-2)32-26(35)20(16-25(33)27(32,3)4)10-8-18-9-11-21(17-31)23(14-18)28(5,29)30/h9,11-15,20,25,33H,6-8,10,16H2,1-5H3. The highest BCUT2D eigenvalue weighted by molar-refractivity contribution is 7.80. The monoisotopic (exact) mass is 500 g/mol. The van der Waals surface area contributed by atoms with E-state index in [4.69, 9.17) is 17.0 Å². The Morgan fingerprint density at radius 1 is 1.23 bits per heavy atom. The van der Waals surface area contributed by atoms with Gasteiger partial charge in [-0.2, -0.15) is 5.26 Å². The summed E-state index contributed by atoms with van der Waals surface area (Å²) >= 11 is 5.96. The lowest BCUT2D eigenvalue weighted by Gasteiger charge is -2.50. The van der Waals surface area contributed by atoms with E-state index in [1.165, 1.54) is 12.1 Å². The summed E-state index contributed by atoms with van der Waals surface area (Å²) < 4.78 is 33.8. The van der Waals surface area contributed by atoms with Crippen molar-refractivity contribution in [2.45, 2.75) is 77.9 Å². The van der Waals surface area contributed by atoms with Gasteiger partial charge in [-0.15, -0.1) is 0 Å². The molecule has 7 heteroatoms. The summed E-state index contributed by atoms with van der Waals surface area (Å²) in [6.07, 6.45) is 1.82. The summed E-state index contributed by atoms with van der Waals surface area (Å²) in [6.45, 7) is 9.39. The SMILES string of the molecule is CCOc1ccc(N2C(=S)C(CCc3ccc(C#N)c(C(C)(F)F)c3)CC(O)C2(C)C)cc1CC. The molecule has 3 rings (SSSR count). The second-order valence-electron chi connectivity index (χ2n) is 9.77. The van der Waals surface area contributed by atoms with Gasteiger partial charge in [-0.1, -0.05) is 25.2 Å². The molecule has 35 heavy (non-hydrogen) atoms. The minimum atomic E-state index is -3.09. The van der Waals surface area contributed by atoms with Crippen molar-refractivity contribution < 1.29 is 18.6 Å². The van der Waals surface area contributed by atoms with Crippen molar-refractivity contribution in [3.05, 3.63) is 58.7 Å². The van der Waals surface area contributed by atoms with E-state index in [1.54, 1.807) is 6.07 Å². The molecule has 1 aliphatic heterocycles. The maximum atomic E-state index is 14.0. The Kier molecular flexibility index (Phi) is 8.18. The molecule has 1 aliphatic rings. The molecule has 0 radical (unpaired) electrons. The van der Waals surface area contributed by atoms with Crippen molar-refractivity contribution in [1.29, 1.82) is 5.26 Å². The van der Waals surface area contributed by atoms with Crippen LogP contribution in [0.3, 0.4) is 0 Å². The normalized spacial score (nSPS) is 20.0. The Morgan fingerprint density at radius 3 is 2.54 bits per heavy atom. The summed E-state index contributed by atoms with van der Waals surface area (Å²) in [5.41, 5.74) is 1.84. The van der Waals surface area contributed by atoms with E-state index in [2.05, 4.69) is 13.0 Å². The number of halogens is 2. The minimum Gasteiger partial charge on any atom is -0.494 e. The van der Waals surface area contributed by atoms with Crippen LogP contribution in [0.25, 0.3) is 0 Å². The number of hydrogen-bond donors (Lipinski definition) is 1. The zero-order valence-electron chi connectivity index (χ0n) is 21.1. The minimum absolute atomic E-state index is 0.0139. The summed E-state index contributed by atoms with van der Waals surface area (Å²) in [5.74, 6) is -2.34. The fourth-order valence-corrected chi connectivity index (χ4v) is 5.36. The van der Waals surface area contributed by atoms with Crippen LogP contribution in [0.15, 0.2) is 36.4 Å². The number of nitriles is 1. The summed E-state index contributed by atoms with van der Waals surface area (Å²) in [6, 6.07) is 12.5. The van der Waals surface area contributed by atoms with E-state index >= 15 is 0 Å². The van der Waals surface area contributed by atoms with E-state index in [-0.39, 0.29) is 17.0 Å². The molecule has 1 saturated heterocycles. The number of alkyl halides is 2. The third kappa shape index (κ3) is 5.65. The molecule has 1 heterocycles. The van der Waals surface area contributed by atoms with Crippen molar-refractivity contribution in [2.75, 3.05) is 11.5 Å². The van der Waals surface area contributed by atoms with Crippen LogP contribution in [0.2, 0.25) is 0 Å². The van der Waals surface area contributed by atoms with Crippen LogP contribution in [0.5, 0.6) is 5.75 Å². The van der Waals surface area contributed by atoms with E-state index in [9.17, 15) is 19.1 Å². The Bertz CT molecular complexity index is 1120. The highest BCUT2D eigenvalue weighted by Gasteiger charge is 2.44. The second-order valence-corrected chi connectivity index (χ2v) is 10.2. The van der Waals surface area contributed by atoms with Gasteiger partial charge in [0.2, 0.25) is 0 Å². The molecule has 0 aromatic heterocycles. The number of benzene rings is 2. The summed E-state index contributed by atoms with van der Waals surface area (Å²) in [7, 11) is 0. The Hall–Kier alpha value is -2.56. The van der Waals surface area contributed by atoms with Gasteiger partial charge in [0.05, 0.1) is 34.9 Å². The number of aliphatic hydroxyl groups excluding tert-OH is 1. The van der Waals surface area contributed by atoms with Gasteiger partial charge in [0, 0.05) is 24.1 Å². The molecular weight excluding hydrogens is 466 g/mol. The first-order valence-corrected chi connectivity index (χ1v) is 12.5. The fraction of sp³-hybridized carbons (Fsp3) is 0.500. The zero-order valence-corrected chi connectivity index (χ0v) is 21.9. The van der Waals surface area contributed by atoms with Crippen LogP contribution in [-0.4, -0.2) is 28.3 Å². The highest BCUT2D eigenvalue weighted by atomic mass is 32.1. The van der Waals surface area contributed by atoms with Crippen molar-refractivity contribution in [3.8, 4) is 11.8 Å². The van der Waals surface area contributed by atoms with Crippen LogP contribution in [0.1, 0.15) is 69.7 Å². The quantitative estimate of drug-likeness (QED) is 0.416. The van der Waals surface area contributed by atoms with Gasteiger partial charge in [0.25, 0.3) is 5.92 Å². The summed E-state index contributed by atoms with van der Waals surface area (Å²) in [5, 5.41) is 20.3. The van der Waals surface area contributed by atoms with Crippen molar-refractivity contribution in [1.82, 2.24) is 0 Å². The molecule has 0 bridgehead atoms. The second kappa shape index (κ2) is 10.6. The Balaban J connectivity index is 1.87. The molecule has 1 N–H and O–H groups in total. The molecule has 2 unspecified atom stereocenters. The first-order valence-electron chi connectivity index (χ1n) is 12.1. The third-order valence-corrected chi connectivity index (χ3v) is 7.43. The van der Waals surface area contributed by atoms with Gasteiger partial charge in [-0.25, -0.2) is 8.78 Å². The number of aryl methyl sites for hydroxylation is 2. The lowest BCUT2D eigenvalue weighted by molar-refractivity contribution is 0.0171. The number of ether oxygens (including phenoxy) is 1. The maximum Gasteiger partial charge on any atom is 0.271 e. The average molecular weight is 501 g/mol. The van der Waals surface area contributed by atoms with Crippen LogP contribution < -0.4 is 9.64 Å². The predicted molar refractivity (Wildman–Crippen MR) is 139 cm³/mol. The molecule has 2 atom stereocenters. The molecule has 0 aliphatic carbocycles. The van der Waals surface area contributed by atoms with E-state index < -0.39 is 17.6 Å². The molecule has 1 fully saturated rings. The number of anilines is 1. The van der Waals surface area contributed by atoms with Crippen LogP contribution >= 0.6 is 12.2 Å². The van der Waals surface area contributed by atoms with Crippen molar-refractivity contribution in [3.63, 3.8) is 0 Å². The van der Waals surface area contributed by atoms with Gasteiger partial charge in [-0.3, -0.25) is 0 Å². The molecule has 188 valence electrons. The lowest BCUT2D eigenvalue weighted by Crippen LogP contribution is -2.61. The van der Waals surface area contributed by atoms with Crippen LogP contribution in [0.4, 0.5) is 14.5 Å². The topological polar surface area (TPSA) is 56.5 Å². The maximum absolute atomic E-state index is 14.0. The predicted octanol–water partition coefficient (Wildman–Crippen LogP) is 6.56. The molecule has 4 nitrogen and oxygen atoms in total. The lowest BCUT2D eigenvalue weighted by atomic mass is 9.79. The number of thiocarbonyl (C=S) groups is 1. The molecular formula is C28H34F2N2O2S. The highest BCUT2D eigenvalue weighted by Crippen LogP contribution is 2.40.